The first kappa shape index (κ1) is 13.8. The van der Waals surface area contributed by atoms with Crippen molar-refractivity contribution >= 4 is 17.2 Å². The van der Waals surface area contributed by atoms with E-state index in [-0.39, 0.29) is 6.61 Å². The highest BCUT2D eigenvalue weighted by Gasteiger charge is 2.04. The van der Waals surface area contributed by atoms with Crippen molar-refractivity contribution in [1.29, 1.82) is 0 Å². The molecule has 0 fully saturated rings. The van der Waals surface area contributed by atoms with Gasteiger partial charge in [0, 0.05) is 39.8 Å². The second kappa shape index (κ2) is 9.33. The molecule has 0 aliphatic heterocycles. The van der Waals surface area contributed by atoms with E-state index in [0.717, 1.165) is 32.5 Å². The van der Waals surface area contributed by atoms with E-state index in [4.69, 9.17) is 27.8 Å². The van der Waals surface area contributed by atoms with Gasteiger partial charge in [0.2, 0.25) is 0 Å². The van der Waals surface area contributed by atoms with Crippen LogP contribution in [0.1, 0.15) is 12.8 Å². The summed E-state index contributed by atoms with van der Waals surface area (Å²) < 4.78 is 4.99. The van der Waals surface area contributed by atoms with Gasteiger partial charge in [-0.3, -0.25) is 0 Å². The molecule has 0 aliphatic carbocycles. The Morgan fingerprint density at radius 2 is 2.14 bits per heavy atom. The van der Waals surface area contributed by atoms with Crippen LogP contribution >= 0.6 is 12.2 Å². The normalized spacial score (nSPS) is 10.8. The van der Waals surface area contributed by atoms with Crippen molar-refractivity contribution < 1.29 is 9.84 Å². The van der Waals surface area contributed by atoms with Crippen molar-refractivity contribution in [3.63, 3.8) is 0 Å². The molecule has 0 saturated carbocycles. The van der Waals surface area contributed by atoms with Crippen LogP contribution in [-0.2, 0) is 4.74 Å². The largest absolute Gasteiger partial charge is 0.396 e. The van der Waals surface area contributed by atoms with Gasteiger partial charge in [-0.15, -0.1) is 0 Å². The molecule has 0 rings (SSSR count). The average molecular weight is 220 g/mol. The molecule has 0 aromatic rings. The fourth-order valence-electron chi connectivity index (χ4n) is 1.12. The van der Waals surface area contributed by atoms with Crippen LogP contribution in [0.3, 0.4) is 0 Å². The number of thiocarbonyl (C=S) groups is 1. The van der Waals surface area contributed by atoms with Gasteiger partial charge in [0.05, 0.1) is 11.6 Å². The summed E-state index contributed by atoms with van der Waals surface area (Å²) in [6.07, 6.45) is 1.51. The number of nitrogens with zero attached hydrogens (tertiary/aromatic N) is 1. The predicted molar refractivity (Wildman–Crippen MR) is 61.4 cm³/mol. The fraction of sp³-hybridized carbons (Fsp3) is 0.889. The molecule has 84 valence electrons. The van der Waals surface area contributed by atoms with Crippen molar-refractivity contribution in [3.8, 4) is 0 Å². The van der Waals surface area contributed by atoms with Crippen LogP contribution in [0.25, 0.3) is 0 Å². The zero-order valence-corrected chi connectivity index (χ0v) is 9.55. The quantitative estimate of drug-likeness (QED) is 0.535. The lowest BCUT2D eigenvalue weighted by Gasteiger charge is -2.20. The number of aliphatic hydroxyl groups is 1. The smallest absolute Gasteiger partial charge is 0.0740 e. The fourth-order valence-corrected chi connectivity index (χ4v) is 1.21. The van der Waals surface area contributed by atoms with Gasteiger partial charge >= 0.3 is 0 Å². The van der Waals surface area contributed by atoms with E-state index in [0.29, 0.717) is 11.6 Å². The molecule has 3 N–H and O–H groups in total. The molecule has 0 aromatic heterocycles. The summed E-state index contributed by atoms with van der Waals surface area (Å²) in [5, 5.41) is 8.71. The standard InChI is InChI=1S/C9H20N2O2S/c1-13-8-6-11(4-2-7-12)5-3-9(10)14/h12H,2-8H2,1H3,(H2,10,14). The van der Waals surface area contributed by atoms with Gasteiger partial charge < -0.3 is 20.5 Å². The molecule has 0 amide bonds. The Balaban J connectivity index is 3.65. The number of ether oxygens (including phenoxy) is 1. The van der Waals surface area contributed by atoms with Crippen LogP contribution in [-0.4, -0.2) is 55.0 Å². The molecule has 0 aliphatic rings. The molecule has 4 nitrogen and oxygen atoms in total. The molecule has 0 radical (unpaired) electrons. The molecule has 0 spiro atoms. The van der Waals surface area contributed by atoms with Crippen molar-refractivity contribution in [1.82, 2.24) is 4.90 Å². The summed E-state index contributed by atoms with van der Waals surface area (Å²) in [7, 11) is 1.68. The number of methoxy groups -OCH3 is 1. The maximum absolute atomic E-state index is 8.71. The number of aliphatic hydroxyl groups excluding tert-OH is 1. The minimum absolute atomic E-state index is 0.219. The zero-order chi connectivity index (χ0) is 10.8. The third-order valence-electron chi connectivity index (χ3n) is 1.92. The summed E-state index contributed by atoms with van der Waals surface area (Å²) >= 11 is 4.81. The van der Waals surface area contributed by atoms with Crippen molar-refractivity contribution in [2.45, 2.75) is 12.8 Å². The first-order valence-electron chi connectivity index (χ1n) is 4.81. The van der Waals surface area contributed by atoms with Gasteiger partial charge in [0.15, 0.2) is 0 Å². The lowest BCUT2D eigenvalue weighted by atomic mass is 10.3. The Hall–Kier alpha value is -0.230. The van der Waals surface area contributed by atoms with E-state index in [1.807, 2.05) is 0 Å². The molecule has 0 bridgehead atoms. The molecule has 5 heteroatoms. The van der Waals surface area contributed by atoms with Crippen molar-refractivity contribution in [2.24, 2.45) is 5.73 Å². The molecule has 0 unspecified atom stereocenters. The monoisotopic (exact) mass is 220 g/mol. The second-order valence-corrected chi connectivity index (χ2v) is 3.65. The zero-order valence-electron chi connectivity index (χ0n) is 8.74. The van der Waals surface area contributed by atoms with Crippen LogP contribution in [0.2, 0.25) is 0 Å². The van der Waals surface area contributed by atoms with E-state index < -0.39 is 0 Å². The Morgan fingerprint density at radius 1 is 1.43 bits per heavy atom. The second-order valence-electron chi connectivity index (χ2n) is 3.13. The number of rotatable bonds is 9. The Labute approximate surface area is 91.0 Å². The van der Waals surface area contributed by atoms with E-state index >= 15 is 0 Å². The lowest BCUT2D eigenvalue weighted by molar-refractivity contribution is 0.143. The van der Waals surface area contributed by atoms with Gasteiger partial charge in [-0.05, 0) is 6.42 Å². The first-order chi connectivity index (χ1) is 6.70. The van der Waals surface area contributed by atoms with E-state index in [1.165, 1.54) is 0 Å². The van der Waals surface area contributed by atoms with Crippen LogP contribution in [0.15, 0.2) is 0 Å². The van der Waals surface area contributed by atoms with E-state index in [2.05, 4.69) is 4.90 Å². The highest BCUT2D eigenvalue weighted by molar-refractivity contribution is 7.80. The number of hydrogen-bond acceptors (Lipinski definition) is 4. The predicted octanol–water partition coefficient (Wildman–Crippen LogP) is -0.00660. The lowest BCUT2D eigenvalue weighted by Crippen LogP contribution is -2.32. The Bertz CT molecular complexity index is 148. The summed E-state index contributed by atoms with van der Waals surface area (Å²) in [6.45, 7) is 3.49. The van der Waals surface area contributed by atoms with Gasteiger partial charge in [-0.1, -0.05) is 12.2 Å². The number of nitrogens with two attached hydrogens (primary N) is 1. The van der Waals surface area contributed by atoms with Crippen LogP contribution in [0.5, 0.6) is 0 Å². The van der Waals surface area contributed by atoms with Gasteiger partial charge in [-0.25, -0.2) is 0 Å². The minimum atomic E-state index is 0.219. The maximum Gasteiger partial charge on any atom is 0.0740 e. The van der Waals surface area contributed by atoms with Gasteiger partial charge in [-0.2, -0.15) is 0 Å². The third-order valence-corrected chi connectivity index (χ3v) is 2.12. The maximum atomic E-state index is 8.71. The molecule has 0 saturated heterocycles. The van der Waals surface area contributed by atoms with Crippen LogP contribution in [0, 0.1) is 0 Å². The van der Waals surface area contributed by atoms with Crippen LogP contribution in [0.4, 0.5) is 0 Å². The minimum Gasteiger partial charge on any atom is -0.396 e. The molecule has 14 heavy (non-hydrogen) atoms. The molecular formula is C9H20N2O2S. The summed E-state index contributed by atoms with van der Waals surface area (Å²) in [4.78, 5) is 2.73. The number of hydrogen-bond donors (Lipinski definition) is 2. The SMILES string of the molecule is COCCN(CCCO)CCC(N)=S. The molecule has 0 aromatic carbocycles. The van der Waals surface area contributed by atoms with E-state index in [1.54, 1.807) is 7.11 Å². The molecular weight excluding hydrogens is 200 g/mol. The van der Waals surface area contributed by atoms with Gasteiger partial charge in [0.25, 0.3) is 0 Å². The Morgan fingerprint density at radius 3 is 2.64 bits per heavy atom. The first-order valence-corrected chi connectivity index (χ1v) is 5.22. The molecule has 0 heterocycles. The average Bonchev–Trinajstić information content (AvgIpc) is 2.16. The van der Waals surface area contributed by atoms with Crippen molar-refractivity contribution in [3.05, 3.63) is 0 Å². The van der Waals surface area contributed by atoms with Crippen LogP contribution < -0.4 is 5.73 Å². The summed E-state index contributed by atoms with van der Waals surface area (Å²) in [5.41, 5.74) is 5.42. The third kappa shape index (κ3) is 8.37. The van der Waals surface area contributed by atoms with E-state index in [9.17, 15) is 0 Å². The highest BCUT2D eigenvalue weighted by Crippen LogP contribution is 1.94. The topological polar surface area (TPSA) is 58.7 Å². The Kier molecular flexibility index (Phi) is 9.18. The summed E-state index contributed by atoms with van der Waals surface area (Å²) in [5.74, 6) is 0. The van der Waals surface area contributed by atoms with Gasteiger partial charge in [0.1, 0.15) is 0 Å². The highest BCUT2D eigenvalue weighted by atomic mass is 32.1. The summed E-state index contributed by atoms with van der Waals surface area (Å²) in [6, 6.07) is 0. The molecule has 0 atom stereocenters. The van der Waals surface area contributed by atoms with Crippen molar-refractivity contribution in [2.75, 3.05) is 40.0 Å².